The summed E-state index contributed by atoms with van der Waals surface area (Å²) in [5.74, 6) is -0.227. The number of hydroxylamine groups is 1. The third-order valence-corrected chi connectivity index (χ3v) is 2.85. The van der Waals surface area contributed by atoms with Crippen molar-refractivity contribution >= 4 is 33.2 Å². The van der Waals surface area contributed by atoms with Crippen LogP contribution in [0.5, 0.6) is 0 Å². The zero-order chi connectivity index (χ0) is 8.27. The van der Waals surface area contributed by atoms with Gasteiger partial charge in [0, 0.05) is 4.47 Å². The number of thiophene rings is 1. The standard InChI is InChI=1S/C6H6BrNO2S/c1-10-8-6(9)5-4(7)2-3-11-5/h2-3H,1H3,(H,8,9). The summed E-state index contributed by atoms with van der Waals surface area (Å²) in [6, 6.07) is 1.81. The van der Waals surface area contributed by atoms with Gasteiger partial charge >= 0.3 is 0 Å². The highest BCUT2D eigenvalue weighted by atomic mass is 79.9. The van der Waals surface area contributed by atoms with Crippen LogP contribution >= 0.6 is 27.3 Å². The number of carbonyl (C=O) groups excluding carboxylic acids is 1. The van der Waals surface area contributed by atoms with Crippen LogP contribution in [0.15, 0.2) is 15.9 Å². The number of rotatable bonds is 2. The van der Waals surface area contributed by atoms with Gasteiger partial charge < -0.3 is 0 Å². The Balaban J connectivity index is 2.76. The van der Waals surface area contributed by atoms with Crippen LogP contribution in [0, 0.1) is 0 Å². The van der Waals surface area contributed by atoms with E-state index in [9.17, 15) is 4.79 Å². The average molecular weight is 236 g/mol. The van der Waals surface area contributed by atoms with Gasteiger partial charge in [0.25, 0.3) is 5.91 Å². The van der Waals surface area contributed by atoms with Gasteiger partial charge in [-0.2, -0.15) is 0 Å². The summed E-state index contributed by atoms with van der Waals surface area (Å²) in [5, 5.41) is 1.83. The van der Waals surface area contributed by atoms with Crippen molar-refractivity contribution in [2.75, 3.05) is 7.11 Å². The fourth-order valence-corrected chi connectivity index (χ4v) is 2.03. The Morgan fingerprint density at radius 1 is 1.82 bits per heavy atom. The van der Waals surface area contributed by atoms with Crippen molar-refractivity contribution in [1.29, 1.82) is 0 Å². The molecule has 1 rings (SSSR count). The van der Waals surface area contributed by atoms with E-state index < -0.39 is 0 Å². The number of hydrogen-bond acceptors (Lipinski definition) is 3. The number of halogens is 1. The first kappa shape index (κ1) is 8.70. The van der Waals surface area contributed by atoms with E-state index in [4.69, 9.17) is 0 Å². The van der Waals surface area contributed by atoms with Crippen molar-refractivity contribution in [3.05, 3.63) is 20.8 Å². The highest BCUT2D eigenvalue weighted by Gasteiger charge is 2.09. The normalized spacial score (nSPS) is 9.64. The molecule has 0 aliphatic carbocycles. The molecular weight excluding hydrogens is 230 g/mol. The van der Waals surface area contributed by atoms with E-state index in [1.165, 1.54) is 18.4 Å². The lowest BCUT2D eigenvalue weighted by molar-refractivity contribution is 0.0541. The number of carbonyl (C=O) groups is 1. The smallest absolute Gasteiger partial charge is 0.277 e. The van der Waals surface area contributed by atoms with Crippen LogP contribution in [0.1, 0.15) is 9.67 Å². The predicted molar refractivity (Wildman–Crippen MR) is 46.5 cm³/mol. The van der Waals surface area contributed by atoms with Crippen LogP contribution in [-0.2, 0) is 4.84 Å². The molecule has 11 heavy (non-hydrogen) atoms. The molecule has 1 aromatic heterocycles. The Labute approximate surface area is 76.4 Å². The number of nitrogens with one attached hydrogen (secondary N) is 1. The Bertz CT molecular complexity index is 261. The summed E-state index contributed by atoms with van der Waals surface area (Å²) in [6.45, 7) is 0. The number of hydrogen-bond donors (Lipinski definition) is 1. The summed E-state index contributed by atoms with van der Waals surface area (Å²) in [6.07, 6.45) is 0. The van der Waals surface area contributed by atoms with Crippen molar-refractivity contribution in [1.82, 2.24) is 5.48 Å². The van der Waals surface area contributed by atoms with Gasteiger partial charge in [-0.05, 0) is 27.4 Å². The highest BCUT2D eigenvalue weighted by Crippen LogP contribution is 2.21. The molecule has 0 atom stereocenters. The molecule has 0 radical (unpaired) electrons. The summed E-state index contributed by atoms with van der Waals surface area (Å²) < 4.78 is 0.789. The molecule has 1 N–H and O–H groups in total. The molecule has 0 fully saturated rings. The molecule has 0 bridgehead atoms. The Hall–Kier alpha value is -0.390. The van der Waals surface area contributed by atoms with Crippen molar-refractivity contribution in [2.24, 2.45) is 0 Å². The lowest BCUT2D eigenvalue weighted by Crippen LogP contribution is -2.20. The molecule has 0 aromatic carbocycles. The lowest BCUT2D eigenvalue weighted by Gasteiger charge is -1.98. The molecule has 0 aliphatic heterocycles. The van der Waals surface area contributed by atoms with E-state index in [0.717, 1.165) is 4.47 Å². The molecule has 1 amide bonds. The fourth-order valence-electron chi connectivity index (χ4n) is 0.595. The van der Waals surface area contributed by atoms with Crippen molar-refractivity contribution < 1.29 is 9.63 Å². The first-order chi connectivity index (χ1) is 5.25. The van der Waals surface area contributed by atoms with E-state index in [-0.39, 0.29) is 5.91 Å². The highest BCUT2D eigenvalue weighted by molar-refractivity contribution is 9.10. The average Bonchev–Trinajstić information content (AvgIpc) is 2.36. The van der Waals surface area contributed by atoms with Crippen LogP contribution in [0.3, 0.4) is 0 Å². The van der Waals surface area contributed by atoms with Gasteiger partial charge in [0.2, 0.25) is 0 Å². The van der Waals surface area contributed by atoms with E-state index >= 15 is 0 Å². The van der Waals surface area contributed by atoms with Gasteiger partial charge in [0.1, 0.15) is 4.88 Å². The topological polar surface area (TPSA) is 38.3 Å². The third-order valence-electron chi connectivity index (χ3n) is 1.02. The maximum absolute atomic E-state index is 11.1. The van der Waals surface area contributed by atoms with Crippen LogP contribution in [-0.4, -0.2) is 13.0 Å². The summed E-state index contributed by atoms with van der Waals surface area (Å²) in [4.78, 5) is 16.2. The Kier molecular flexibility index (Phi) is 3.04. The summed E-state index contributed by atoms with van der Waals surface area (Å²) in [7, 11) is 1.40. The van der Waals surface area contributed by atoms with Crippen LogP contribution < -0.4 is 5.48 Å². The SMILES string of the molecule is CONC(=O)c1sccc1Br. The Morgan fingerprint density at radius 2 is 2.55 bits per heavy atom. The molecule has 0 aliphatic rings. The van der Waals surface area contributed by atoms with Crippen LogP contribution in [0.4, 0.5) is 0 Å². The minimum atomic E-state index is -0.227. The molecular formula is C6H6BrNO2S. The monoisotopic (exact) mass is 235 g/mol. The predicted octanol–water partition coefficient (Wildman–Crippen LogP) is 1.80. The molecule has 1 heterocycles. The molecule has 5 heteroatoms. The molecule has 0 saturated heterocycles. The first-order valence-corrected chi connectivity index (χ1v) is 4.49. The van der Waals surface area contributed by atoms with Crippen LogP contribution in [0.2, 0.25) is 0 Å². The molecule has 0 spiro atoms. The fraction of sp³-hybridized carbons (Fsp3) is 0.167. The van der Waals surface area contributed by atoms with Crippen molar-refractivity contribution in [3.63, 3.8) is 0 Å². The van der Waals surface area contributed by atoms with Gasteiger partial charge in [0.15, 0.2) is 0 Å². The third kappa shape index (κ3) is 2.02. The largest absolute Gasteiger partial charge is 0.286 e. The van der Waals surface area contributed by atoms with E-state index in [2.05, 4.69) is 26.2 Å². The maximum atomic E-state index is 11.1. The minimum Gasteiger partial charge on any atom is -0.277 e. The molecule has 60 valence electrons. The van der Waals surface area contributed by atoms with Crippen LogP contribution in [0.25, 0.3) is 0 Å². The molecule has 3 nitrogen and oxygen atoms in total. The van der Waals surface area contributed by atoms with Gasteiger partial charge in [-0.15, -0.1) is 11.3 Å². The van der Waals surface area contributed by atoms with Gasteiger partial charge in [-0.25, -0.2) is 5.48 Å². The van der Waals surface area contributed by atoms with Gasteiger partial charge in [0.05, 0.1) is 7.11 Å². The van der Waals surface area contributed by atoms with E-state index in [1.54, 1.807) is 0 Å². The number of amides is 1. The van der Waals surface area contributed by atoms with Gasteiger partial charge in [-0.1, -0.05) is 0 Å². The second kappa shape index (κ2) is 3.85. The summed E-state index contributed by atoms with van der Waals surface area (Å²) >= 11 is 4.59. The molecule has 0 saturated carbocycles. The van der Waals surface area contributed by atoms with Crippen molar-refractivity contribution in [3.8, 4) is 0 Å². The minimum absolute atomic E-state index is 0.227. The molecule has 1 aromatic rings. The zero-order valence-electron chi connectivity index (χ0n) is 5.76. The van der Waals surface area contributed by atoms with Crippen molar-refractivity contribution in [2.45, 2.75) is 0 Å². The lowest BCUT2D eigenvalue weighted by atomic mass is 10.5. The van der Waals surface area contributed by atoms with E-state index in [0.29, 0.717) is 4.88 Å². The maximum Gasteiger partial charge on any atom is 0.286 e. The second-order valence-electron chi connectivity index (χ2n) is 1.73. The molecule has 0 unspecified atom stereocenters. The Morgan fingerprint density at radius 3 is 3.00 bits per heavy atom. The zero-order valence-corrected chi connectivity index (χ0v) is 8.16. The second-order valence-corrected chi connectivity index (χ2v) is 3.50. The quantitative estimate of drug-likeness (QED) is 0.795. The summed E-state index contributed by atoms with van der Waals surface area (Å²) in [5.41, 5.74) is 2.23. The van der Waals surface area contributed by atoms with E-state index in [1.807, 2.05) is 11.4 Å². The first-order valence-electron chi connectivity index (χ1n) is 2.82. The van der Waals surface area contributed by atoms with Gasteiger partial charge in [-0.3, -0.25) is 9.63 Å².